The molecule has 0 saturated carbocycles. The molecular formula is C7H11BrO3. The predicted octanol–water partition coefficient (Wildman–Crippen LogP) is 1.29. The molecule has 0 aromatic heterocycles. The highest BCUT2D eigenvalue weighted by molar-refractivity contribution is 9.10. The second-order valence-corrected chi connectivity index (χ2v) is 3.87. The fourth-order valence-electron chi connectivity index (χ4n) is 0.410. The van der Waals surface area contributed by atoms with E-state index in [2.05, 4.69) is 20.7 Å². The zero-order valence-electron chi connectivity index (χ0n) is 6.81. The van der Waals surface area contributed by atoms with Gasteiger partial charge in [-0.15, -0.1) is 0 Å². The second kappa shape index (κ2) is 3.85. The molecule has 3 nitrogen and oxygen atoms in total. The maximum absolute atomic E-state index is 11.0. The van der Waals surface area contributed by atoms with E-state index in [9.17, 15) is 9.59 Å². The van der Waals surface area contributed by atoms with Crippen LogP contribution in [0.4, 0.5) is 0 Å². The zero-order chi connectivity index (χ0) is 9.07. The van der Waals surface area contributed by atoms with Gasteiger partial charge in [-0.2, -0.15) is 0 Å². The monoisotopic (exact) mass is 222 g/mol. The molecule has 0 aliphatic carbocycles. The number of esters is 1. The number of halogens is 1. The number of alkyl halides is 1. The van der Waals surface area contributed by atoms with Crippen LogP contribution in [0.5, 0.6) is 0 Å². The zero-order valence-corrected chi connectivity index (χ0v) is 8.40. The van der Waals surface area contributed by atoms with Crippen LogP contribution in [-0.4, -0.2) is 22.7 Å². The Balaban J connectivity index is 4.30. The SMILES string of the molecule is CCOC(=O)C(C)(Br)C(C)=O. The first-order valence-corrected chi connectivity index (χ1v) is 4.09. The molecule has 1 unspecified atom stereocenters. The van der Waals surface area contributed by atoms with E-state index in [1.54, 1.807) is 6.92 Å². The Hall–Kier alpha value is -0.380. The Labute approximate surface area is 74.2 Å². The number of hydrogen-bond acceptors (Lipinski definition) is 3. The van der Waals surface area contributed by atoms with Crippen molar-refractivity contribution in [2.24, 2.45) is 0 Å². The molecule has 4 heteroatoms. The summed E-state index contributed by atoms with van der Waals surface area (Å²) in [5, 5.41) is 0. The summed E-state index contributed by atoms with van der Waals surface area (Å²) in [5.41, 5.74) is 0. The molecule has 0 aliphatic heterocycles. The average Bonchev–Trinajstić information content (AvgIpc) is 1.88. The minimum atomic E-state index is -1.18. The van der Waals surface area contributed by atoms with Crippen molar-refractivity contribution >= 4 is 27.7 Å². The van der Waals surface area contributed by atoms with Crippen LogP contribution in [-0.2, 0) is 14.3 Å². The third-order valence-corrected chi connectivity index (χ3v) is 2.20. The van der Waals surface area contributed by atoms with Crippen molar-refractivity contribution in [1.29, 1.82) is 0 Å². The van der Waals surface area contributed by atoms with Crippen LogP contribution in [0.1, 0.15) is 20.8 Å². The molecule has 0 saturated heterocycles. The number of hydrogen-bond donors (Lipinski definition) is 0. The van der Waals surface area contributed by atoms with Crippen LogP contribution in [0.2, 0.25) is 0 Å². The molecule has 0 amide bonds. The van der Waals surface area contributed by atoms with E-state index in [4.69, 9.17) is 0 Å². The minimum absolute atomic E-state index is 0.254. The van der Waals surface area contributed by atoms with Gasteiger partial charge in [-0.05, 0) is 20.8 Å². The fourth-order valence-corrected chi connectivity index (χ4v) is 0.525. The number of rotatable bonds is 3. The number of ether oxygens (including phenoxy) is 1. The molecule has 11 heavy (non-hydrogen) atoms. The molecule has 0 aromatic rings. The largest absolute Gasteiger partial charge is 0.465 e. The molecule has 0 bridgehead atoms. The van der Waals surface area contributed by atoms with Gasteiger partial charge >= 0.3 is 5.97 Å². The Kier molecular flexibility index (Phi) is 3.72. The summed E-state index contributed by atoms with van der Waals surface area (Å²) in [4.78, 5) is 21.9. The van der Waals surface area contributed by atoms with Crippen molar-refractivity contribution in [3.63, 3.8) is 0 Å². The molecular weight excluding hydrogens is 212 g/mol. The maximum atomic E-state index is 11.0. The van der Waals surface area contributed by atoms with Crippen molar-refractivity contribution in [3.8, 4) is 0 Å². The number of carbonyl (C=O) groups excluding carboxylic acids is 2. The van der Waals surface area contributed by atoms with Crippen LogP contribution >= 0.6 is 15.9 Å². The standard InChI is InChI=1S/C7H11BrO3/c1-4-11-6(10)7(3,8)5(2)9/h4H2,1-3H3. The lowest BCUT2D eigenvalue weighted by Crippen LogP contribution is -2.37. The number of Topliss-reactive ketones (excluding diaryl/α,β-unsaturated/α-hetero) is 1. The second-order valence-electron chi connectivity index (χ2n) is 2.28. The molecule has 0 aromatic carbocycles. The van der Waals surface area contributed by atoms with Crippen molar-refractivity contribution in [2.75, 3.05) is 6.61 Å². The van der Waals surface area contributed by atoms with E-state index in [-0.39, 0.29) is 12.4 Å². The van der Waals surface area contributed by atoms with Crippen LogP contribution in [0, 0.1) is 0 Å². The van der Waals surface area contributed by atoms with Crippen molar-refractivity contribution in [1.82, 2.24) is 0 Å². The average molecular weight is 223 g/mol. The van der Waals surface area contributed by atoms with Gasteiger partial charge < -0.3 is 4.74 Å². The first kappa shape index (κ1) is 10.6. The van der Waals surface area contributed by atoms with Gasteiger partial charge in [-0.25, -0.2) is 0 Å². The Morgan fingerprint density at radius 1 is 1.55 bits per heavy atom. The third-order valence-electron chi connectivity index (χ3n) is 1.32. The Bertz CT molecular complexity index is 175. The van der Waals surface area contributed by atoms with E-state index in [1.165, 1.54) is 13.8 Å². The highest BCUT2D eigenvalue weighted by atomic mass is 79.9. The van der Waals surface area contributed by atoms with Crippen molar-refractivity contribution in [2.45, 2.75) is 25.1 Å². The van der Waals surface area contributed by atoms with Crippen LogP contribution in [0.15, 0.2) is 0 Å². The van der Waals surface area contributed by atoms with Crippen LogP contribution < -0.4 is 0 Å². The molecule has 0 rings (SSSR count). The quantitative estimate of drug-likeness (QED) is 0.411. The highest BCUT2D eigenvalue weighted by Gasteiger charge is 2.36. The molecule has 0 radical (unpaired) electrons. The Morgan fingerprint density at radius 3 is 2.27 bits per heavy atom. The maximum Gasteiger partial charge on any atom is 0.330 e. The summed E-state index contributed by atoms with van der Waals surface area (Å²) in [6.07, 6.45) is 0. The Morgan fingerprint density at radius 2 is 2.00 bits per heavy atom. The van der Waals surface area contributed by atoms with E-state index in [1.807, 2.05) is 0 Å². The highest BCUT2D eigenvalue weighted by Crippen LogP contribution is 2.19. The van der Waals surface area contributed by atoms with Crippen molar-refractivity contribution in [3.05, 3.63) is 0 Å². The van der Waals surface area contributed by atoms with Gasteiger partial charge in [0.25, 0.3) is 0 Å². The van der Waals surface area contributed by atoms with Gasteiger partial charge in [0.05, 0.1) is 6.61 Å². The normalized spacial score (nSPS) is 15.3. The molecule has 0 fully saturated rings. The topological polar surface area (TPSA) is 43.4 Å². The van der Waals surface area contributed by atoms with Gasteiger partial charge in [-0.3, -0.25) is 9.59 Å². The van der Waals surface area contributed by atoms with E-state index in [0.717, 1.165) is 0 Å². The molecule has 0 spiro atoms. The summed E-state index contributed by atoms with van der Waals surface area (Å²) < 4.78 is 3.48. The predicted molar refractivity (Wildman–Crippen MR) is 44.6 cm³/mol. The molecule has 0 heterocycles. The van der Waals surface area contributed by atoms with Crippen molar-refractivity contribution < 1.29 is 14.3 Å². The summed E-state index contributed by atoms with van der Waals surface area (Å²) in [7, 11) is 0. The molecule has 1 atom stereocenters. The summed E-state index contributed by atoms with van der Waals surface area (Å²) in [5.74, 6) is -0.788. The molecule has 0 aliphatic rings. The summed E-state index contributed by atoms with van der Waals surface area (Å²) in [6, 6.07) is 0. The van der Waals surface area contributed by atoms with E-state index >= 15 is 0 Å². The smallest absolute Gasteiger partial charge is 0.330 e. The number of ketones is 1. The van der Waals surface area contributed by atoms with E-state index in [0.29, 0.717) is 0 Å². The van der Waals surface area contributed by atoms with Gasteiger partial charge in [0.1, 0.15) is 0 Å². The molecule has 64 valence electrons. The lowest BCUT2D eigenvalue weighted by Gasteiger charge is -2.15. The van der Waals surface area contributed by atoms with Gasteiger partial charge in [0.2, 0.25) is 0 Å². The van der Waals surface area contributed by atoms with Gasteiger partial charge in [0, 0.05) is 0 Å². The first-order valence-electron chi connectivity index (χ1n) is 3.30. The van der Waals surface area contributed by atoms with Gasteiger partial charge in [-0.1, -0.05) is 15.9 Å². The minimum Gasteiger partial charge on any atom is -0.465 e. The lowest BCUT2D eigenvalue weighted by atomic mass is 10.1. The number of carbonyl (C=O) groups is 2. The molecule has 0 N–H and O–H groups in total. The van der Waals surface area contributed by atoms with Gasteiger partial charge in [0.15, 0.2) is 10.1 Å². The van der Waals surface area contributed by atoms with Crippen LogP contribution in [0.25, 0.3) is 0 Å². The first-order chi connectivity index (χ1) is 4.92. The van der Waals surface area contributed by atoms with Crippen LogP contribution in [0.3, 0.4) is 0 Å². The van der Waals surface area contributed by atoms with E-state index < -0.39 is 10.3 Å². The summed E-state index contributed by atoms with van der Waals surface area (Å²) in [6.45, 7) is 4.80. The lowest BCUT2D eigenvalue weighted by molar-refractivity contribution is -0.147. The fraction of sp³-hybridized carbons (Fsp3) is 0.714. The summed E-state index contributed by atoms with van der Waals surface area (Å²) >= 11 is 2.99. The third kappa shape index (κ3) is 2.61.